The number of benzene rings is 1. The van der Waals surface area contributed by atoms with Crippen molar-refractivity contribution in [3.8, 4) is 5.75 Å². The van der Waals surface area contributed by atoms with Crippen LogP contribution < -0.4 is 15.8 Å². The molecule has 3 atom stereocenters. The average Bonchev–Trinajstić information content (AvgIpc) is 2.50. The van der Waals surface area contributed by atoms with Gasteiger partial charge in [-0.1, -0.05) is 32.4 Å². The fourth-order valence-electron chi connectivity index (χ4n) is 1.77. The van der Waals surface area contributed by atoms with Gasteiger partial charge >= 0.3 is 0 Å². The molecule has 0 fully saturated rings. The molecule has 0 aliphatic carbocycles. The first-order valence-corrected chi connectivity index (χ1v) is 6.84. The number of carbonyl (C=O) groups is 1. The Kier molecular flexibility index (Phi) is 6.48. The van der Waals surface area contributed by atoms with E-state index in [0.717, 1.165) is 17.7 Å². The molecule has 0 aliphatic heterocycles. The molecule has 20 heavy (non-hydrogen) atoms. The quantitative estimate of drug-likeness (QED) is 0.701. The molecule has 4 N–H and O–H groups in total. The lowest BCUT2D eigenvalue weighted by atomic mass is 9.99. The minimum atomic E-state index is -0.756. The maximum atomic E-state index is 11.8. The van der Waals surface area contributed by atoms with Gasteiger partial charge in [0.15, 0.2) is 0 Å². The minimum Gasteiger partial charge on any atom is -0.497 e. The van der Waals surface area contributed by atoms with Gasteiger partial charge in [0, 0.05) is 6.54 Å². The molecule has 0 spiro atoms. The first kappa shape index (κ1) is 16.5. The van der Waals surface area contributed by atoms with Gasteiger partial charge in [-0.2, -0.15) is 0 Å². The summed E-state index contributed by atoms with van der Waals surface area (Å²) in [6, 6.07) is 6.54. The molecule has 3 unspecified atom stereocenters. The number of carbonyl (C=O) groups excluding carboxylic acids is 1. The van der Waals surface area contributed by atoms with Crippen LogP contribution >= 0.6 is 0 Å². The van der Waals surface area contributed by atoms with Crippen molar-refractivity contribution in [2.75, 3.05) is 13.7 Å². The Labute approximate surface area is 120 Å². The molecule has 0 bridgehead atoms. The highest BCUT2D eigenvalue weighted by Crippen LogP contribution is 2.17. The highest BCUT2D eigenvalue weighted by atomic mass is 16.5. The Balaban J connectivity index is 2.49. The molecular formula is C15H24N2O3. The SMILES string of the molecule is CCC(C)C(N)C(=O)NCC(O)c1ccc(OC)cc1. The molecule has 1 amide bonds. The lowest BCUT2D eigenvalue weighted by Gasteiger charge is -2.19. The summed E-state index contributed by atoms with van der Waals surface area (Å²) in [5.41, 5.74) is 6.55. The summed E-state index contributed by atoms with van der Waals surface area (Å²) in [4.78, 5) is 11.8. The van der Waals surface area contributed by atoms with E-state index in [1.54, 1.807) is 31.4 Å². The number of hydrogen-bond donors (Lipinski definition) is 3. The molecule has 0 saturated heterocycles. The second-order valence-electron chi connectivity index (χ2n) is 4.95. The molecule has 0 saturated carbocycles. The maximum Gasteiger partial charge on any atom is 0.237 e. The zero-order valence-electron chi connectivity index (χ0n) is 12.3. The predicted molar refractivity (Wildman–Crippen MR) is 78.4 cm³/mol. The second kappa shape index (κ2) is 7.87. The van der Waals surface area contributed by atoms with E-state index in [0.29, 0.717) is 0 Å². The van der Waals surface area contributed by atoms with E-state index < -0.39 is 12.1 Å². The molecule has 1 aromatic rings. The van der Waals surface area contributed by atoms with Crippen LogP contribution in [0.5, 0.6) is 5.75 Å². The van der Waals surface area contributed by atoms with E-state index in [1.807, 2.05) is 13.8 Å². The molecule has 112 valence electrons. The fraction of sp³-hybridized carbons (Fsp3) is 0.533. The Hall–Kier alpha value is -1.59. The summed E-state index contributed by atoms with van der Waals surface area (Å²) < 4.78 is 5.05. The number of methoxy groups -OCH3 is 1. The van der Waals surface area contributed by atoms with Gasteiger partial charge in [-0.05, 0) is 23.6 Å². The van der Waals surface area contributed by atoms with Crippen molar-refractivity contribution >= 4 is 5.91 Å². The van der Waals surface area contributed by atoms with Crippen LogP contribution in [0.3, 0.4) is 0 Å². The zero-order valence-corrected chi connectivity index (χ0v) is 12.3. The van der Waals surface area contributed by atoms with E-state index in [9.17, 15) is 9.90 Å². The van der Waals surface area contributed by atoms with Crippen LogP contribution in [0.15, 0.2) is 24.3 Å². The van der Waals surface area contributed by atoms with Gasteiger partial charge in [-0.3, -0.25) is 4.79 Å². The summed E-state index contributed by atoms with van der Waals surface area (Å²) in [6.45, 7) is 4.07. The third kappa shape index (κ3) is 4.51. The van der Waals surface area contributed by atoms with Crippen LogP contribution in [0.1, 0.15) is 31.9 Å². The van der Waals surface area contributed by atoms with Crippen molar-refractivity contribution < 1.29 is 14.6 Å². The number of nitrogens with one attached hydrogen (secondary N) is 1. The molecule has 1 rings (SSSR count). The number of amides is 1. The Morgan fingerprint density at radius 3 is 2.50 bits per heavy atom. The number of rotatable bonds is 7. The first-order chi connectivity index (χ1) is 9.49. The number of ether oxygens (including phenoxy) is 1. The van der Waals surface area contributed by atoms with Gasteiger partial charge in [0.2, 0.25) is 5.91 Å². The third-order valence-electron chi connectivity index (χ3n) is 3.53. The van der Waals surface area contributed by atoms with Crippen LogP contribution in [-0.4, -0.2) is 30.7 Å². The normalized spacial score (nSPS) is 15.2. The predicted octanol–water partition coefficient (Wildman–Crippen LogP) is 1.22. The van der Waals surface area contributed by atoms with E-state index in [2.05, 4.69) is 5.32 Å². The van der Waals surface area contributed by atoms with Gasteiger partial charge in [-0.25, -0.2) is 0 Å². The fourth-order valence-corrected chi connectivity index (χ4v) is 1.77. The Bertz CT molecular complexity index is 420. The number of aliphatic hydroxyl groups excluding tert-OH is 1. The number of aliphatic hydroxyl groups is 1. The Morgan fingerprint density at radius 2 is 2.00 bits per heavy atom. The molecule has 0 aromatic heterocycles. The first-order valence-electron chi connectivity index (χ1n) is 6.84. The number of hydrogen-bond acceptors (Lipinski definition) is 4. The van der Waals surface area contributed by atoms with Gasteiger partial charge in [0.05, 0.1) is 19.3 Å². The van der Waals surface area contributed by atoms with Gasteiger partial charge in [0.25, 0.3) is 0 Å². The number of nitrogens with two attached hydrogens (primary N) is 1. The van der Waals surface area contributed by atoms with Gasteiger partial charge < -0.3 is 20.9 Å². The average molecular weight is 280 g/mol. The molecule has 0 radical (unpaired) electrons. The van der Waals surface area contributed by atoms with Crippen LogP contribution in [0.4, 0.5) is 0 Å². The highest BCUT2D eigenvalue weighted by molar-refractivity contribution is 5.81. The van der Waals surface area contributed by atoms with Crippen molar-refractivity contribution in [3.63, 3.8) is 0 Å². The van der Waals surface area contributed by atoms with Crippen molar-refractivity contribution in [2.45, 2.75) is 32.4 Å². The van der Waals surface area contributed by atoms with E-state index >= 15 is 0 Å². The molecule has 5 heteroatoms. The standard InChI is InChI=1S/C15H24N2O3/c1-4-10(2)14(16)15(19)17-9-13(18)11-5-7-12(20-3)8-6-11/h5-8,10,13-14,18H,4,9,16H2,1-3H3,(H,17,19). The summed E-state index contributed by atoms with van der Waals surface area (Å²) >= 11 is 0. The van der Waals surface area contributed by atoms with E-state index in [-0.39, 0.29) is 18.4 Å². The van der Waals surface area contributed by atoms with Crippen molar-refractivity contribution in [1.29, 1.82) is 0 Å². The molecule has 1 aromatic carbocycles. The lowest BCUT2D eigenvalue weighted by Crippen LogP contribution is -2.45. The smallest absolute Gasteiger partial charge is 0.237 e. The monoisotopic (exact) mass is 280 g/mol. The van der Waals surface area contributed by atoms with Crippen LogP contribution in [-0.2, 0) is 4.79 Å². The van der Waals surface area contributed by atoms with Crippen molar-refractivity contribution in [1.82, 2.24) is 5.32 Å². The zero-order chi connectivity index (χ0) is 15.1. The molecule has 0 aliphatic rings. The summed E-state index contributed by atoms with van der Waals surface area (Å²) in [5, 5.41) is 12.7. The largest absolute Gasteiger partial charge is 0.497 e. The topological polar surface area (TPSA) is 84.6 Å². The molecule has 0 heterocycles. The van der Waals surface area contributed by atoms with Crippen molar-refractivity contribution in [2.24, 2.45) is 11.7 Å². The van der Waals surface area contributed by atoms with E-state index in [4.69, 9.17) is 10.5 Å². The van der Waals surface area contributed by atoms with E-state index in [1.165, 1.54) is 0 Å². The molecular weight excluding hydrogens is 256 g/mol. The third-order valence-corrected chi connectivity index (χ3v) is 3.53. The van der Waals surface area contributed by atoms with Crippen LogP contribution in [0.25, 0.3) is 0 Å². The van der Waals surface area contributed by atoms with Gasteiger partial charge in [0.1, 0.15) is 5.75 Å². The van der Waals surface area contributed by atoms with Crippen LogP contribution in [0.2, 0.25) is 0 Å². The molecule has 5 nitrogen and oxygen atoms in total. The summed E-state index contributed by atoms with van der Waals surface area (Å²) in [6.07, 6.45) is 0.0873. The summed E-state index contributed by atoms with van der Waals surface area (Å²) in [5.74, 6) is 0.615. The van der Waals surface area contributed by atoms with Gasteiger partial charge in [-0.15, -0.1) is 0 Å². The Morgan fingerprint density at radius 1 is 1.40 bits per heavy atom. The van der Waals surface area contributed by atoms with Crippen molar-refractivity contribution in [3.05, 3.63) is 29.8 Å². The second-order valence-corrected chi connectivity index (χ2v) is 4.95. The van der Waals surface area contributed by atoms with Crippen LogP contribution in [0, 0.1) is 5.92 Å². The summed E-state index contributed by atoms with van der Waals surface area (Å²) in [7, 11) is 1.59. The maximum absolute atomic E-state index is 11.8. The minimum absolute atomic E-state index is 0.119. The highest BCUT2D eigenvalue weighted by Gasteiger charge is 2.20. The lowest BCUT2D eigenvalue weighted by molar-refractivity contribution is -0.123.